The SMILES string of the molecule is ClC1=c2oc3c(c2N=CN1)C=CCC=3. The summed E-state index contributed by atoms with van der Waals surface area (Å²) in [6.45, 7) is 0. The van der Waals surface area contributed by atoms with E-state index in [1.807, 2.05) is 12.2 Å². The van der Waals surface area contributed by atoms with E-state index in [-0.39, 0.29) is 0 Å². The first kappa shape index (κ1) is 7.88. The molecule has 0 bridgehead atoms. The van der Waals surface area contributed by atoms with Crippen LogP contribution < -0.4 is 16.1 Å². The van der Waals surface area contributed by atoms with Crippen LogP contribution in [-0.2, 0) is 0 Å². The first-order valence-electron chi connectivity index (χ1n) is 4.34. The minimum absolute atomic E-state index is 0.492. The van der Waals surface area contributed by atoms with Gasteiger partial charge in [-0.2, -0.15) is 0 Å². The highest BCUT2D eigenvalue weighted by Gasteiger charge is 2.15. The summed E-state index contributed by atoms with van der Waals surface area (Å²) in [6, 6.07) is 0. The van der Waals surface area contributed by atoms with Gasteiger partial charge in [0, 0.05) is 5.56 Å². The molecule has 2 heterocycles. The molecule has 14 heavy (non-hydrogen) atoms. The van der Waals surface area contributed by atoms with Crippen LogP contribution in [0.2, 0.25) is 0 Å². The average Bonchev–Trinajstić information content (AvgIpc) is 2.59. The Labute approximate surface area is 85.1 Å². The van der Waals surface area contributed by atoms with Crippen molar-refractivity contribution in [3.8, 4) is 0 Å². The quantitative estimate of drug-likeness (QED) is 0.645. The summed E-state index contributed by atoms with van der Waals surface area (Å²) in [6.07, 6.45) is 8.58. The predicted molar refractivity (Wildman–Crippen MR) is 56.6 cm³/mol. The lowest BCUT2D eigenvalue weighted by molar-refractivity contribution is 0.498. The van der Waals surface area contributed by atoms with Crippen LogP contribution in [0.25, 0.3) is 17.3 Å². The number of halogens is 1. The maximum Gasteiger partial charge on any atom is 0.189 e. The van der Waals surface area contributed by atoms with Crippen molar-refractivity contribution in [1.29, 1.82) is 0 Å². The Balaban J connectivity index is 2.49. The van der Waals surface area contributed by atoms with Crippen molar-refractivity contribution in [3.63, 3.8) is 0 Å². The lowest BCUT2D eigenvalue weighted by atomic mass is 10.1. The molecule has 0 spiro atoms. The summed E-state index contributed by atoms with van der Waals surface area (Å²) < 4.78 is 5.59. The van der Waals surface area contributed by atoms with Gasteiger partial charge in [-0.15, -0.1) is 0 Å². The predicted octanol–water partition coefficient (Wildman–Crippen LogP) is 1.04. The molecule has 0 saturated heterocycles. The fourth-order valence-corrected chi connectivity index (χ4v) is 1.80. The van der Waals surface area contributed by atoms with Crippen molar-refractivity contribution >= 4 is 40.9 Å². The molecule has 70 valence electrons. The molecule has 1 N–H and O–H groups in total. The number of fused-ring (bicyclic) bond motifs is 3. The maximum absolute atomic E-state index is 5.95. The van der Waals surface area contributed by atoms with Crippen molar-refractivity contribution in [2.75, 3.05) is 0 Å². The van der Waals surface area contributed by atoms with Crippen LogP contribution in [0.5, 0.6) is 0 Å². The minimum Gasteiger partial charge on any atom is -0.451 e. The summed E-state index contributed by atoms with van der Waals surface area (Å²) in [4.78, 5) is 4.21. The monoisotopic (exact) mass is 206 g/mol. The zero-order valence-corrected chi connectivity index (χ0v) is 8.01. The molecular weight excluding hydrogens is 200 g/mol. The van der Waals surface area contributed by atoms with E-state index < -0.39 is 0 Å². The Morgan fingerprint density at radius 1 is 1.50 bits per heavy atom. The molecule has 0 saturated carbocycles. The molecule has 4 heteroatoms. The van der Waals surface area contributed by atoms with Gasteiger partial charge in [0.25, 0.3) is 0 Å². The summed E-state index contributed by atoms with van der Waals surface area (Å²) in [7, 11) is 0. The molecule has 0 unspecified atom stereocenters. The summed E-state index contributed by atoms with van der Waals surface area (Å²) in [5.74, 6) is 0. The van der Waals surface area contributed by atoms with E-state index in [2.05, 4.69) is 16.4 Å². The van der Waals surface area contributed by atoms with Gasteiger partial charge in [-0.3, -0.25) is 0 Å². The van der Waals surface area contributed by atoms with E-state index in [1.165, 1.54) is 0 Å². The Kier molecular flexibility index (Phi) is 1.55. The van der Waals surface area contributed by atoms with Gasteiger partial charge in [0.2, 0.25) is 0 Å². The Morgan fingerprint density at radius 3 is 3.36 bits per heavy atom. The van der Waals surface area contributed by atoms with E-state index in [0.717, 1.165) is 23.1 Å². The van der Waals surface area contributed by atoms with Crippen LogP contribution in [0.1, 0.15) is 12.0 Å². The van der Waals surface area contributed by atoms with Gasteiger partial charge in [-0.25, -0.2) is 4.99 Å². The lowest BCUT2D eigenvalue weighted by Crippen LogP contribution is -2.18. The second kappa shape index (κ2) is 2.75. The Bertz CT molecular complexity index is 566. The molecule has 1 aliphatic carbocycles. The summed E-state index contributed by atoms with van der Waals surface area (Å²) in [5, 5.41) is 3.30. The van der Waals surface area contributed by atoms with Crippen molar-refractivity contribution in [3.05, 3.63) is 22.5 Å². The Morgan fingerprint density at radius 2 is 2.43 bits per heavy atom. The molecule has 0 amide bonds. The topological polar surface area (TPSA) is 37.5 Å². The average molecular weight is 207 g/mol. The summed E-state index contributed by atoms with van der Waals surface area (Å²) in [5.41, 5.74) is 3.32. The molecular formula is C10H7ClN2O. The van der Waals surface area contributed by atoms with Crippen molar-refractivity contribution < 1.29 is 4.42 Å². The highest BCUT2D eigenvalue weighted by Crippen LogP contribution is 2.18. The van der Waals surface area contributed by atoms with E-state index in [4.69, 9.17) is 16.0 Å². The van der Waals surface area contributed by atoms with Gasteiger partial charge in [-0.1, -0.05) is 23.8 Å². The van der Waals surface area contributed by atoms with Crippen LogP contribution in [0.4, 0.5) is 5.69 Å². The van der Waals surface area contributed by atoms with Crippen molar-refractivity contribution in [1.82, 2.24) is 5.32 Å². The van der Waals surface area contributed by atoms with Gasteiger partial charge in [0.15, 0.2) is 10.6 Å². The highest BCUT2D eigenvalue weighted by molar-refractivity contribution is 6.45. The molecule has 3 nitrogen and oxygen atoms in total. The van der Waals surface area contributed by atoms with Gasteiger partial charge in [0.05, 0.1) is 6.34 Å². The van der Waals surface area contributed by atoms with Gasteiger partial charge in [-0.05, 0) is 12.5 Å². The largest absolute Gasteiger partial charge is 0.451 e. The minimum atomic E-state index is 0.492. The van der Waals surface area contributed by atoms with Crippen molar-refractivity contribution in [2.24, 2.45) is 4.99 Å². The molecule has 0 fully saturated rings. The van der Waals surface area contributed by atoms with Crippen LogP contribution in [0.15, 0.2) is 15.5 Å². The number of hydrogen-bond acceptors (Lipinski definition) is 3. The smallest absolute Gasteiger partial charge is 0.189 e. The van der Waals surface area contributed by atoms with E-state index in [0.29, 0.717) is 10.6 Å². The molecule has 0 atom stereocenters. The summed E-state index contributed by atoms with van der Waals surface area (Å²) >= 11 is 5.95. The number of furan rings is 1. The van der Waals surface area contributed by atoms with Gasteiger partial charge in [0.1, 0.15) is 11.1 Å². The second-order valence-corrected chi connectivity index (χ2v) is 3.49. The van der Waals surface area contributed by atoms with Gasteiger partial charge < -0.3 is 9.73 Å². The molecule has 0 aromatic carbocycles. The molecule has 3 rings (SSSR count). The van der Waals surface area contributed by atoms with Gasteiger partial charge >= 0.3 is 0 Å². The molecule has 1 aliphatic heterocycles. The highest BCUT2D eigenvalue weighted by atomic mass is 35.5. The normalized spacial score (nSPS) is 17.1. The number of allylic oxidation sites excluding steroid dienone is 1. The third-order valence-electron chi connectivity index (χ3n) is 2.26. The maximum atomic E-state index is 5.95. The zero-order chi connectivity index (χ0) is 9.54. The molecule has 2 aliphatic rings. The molecule has 1 aromatic heterocycles. The third kappa shape index (κ3) is 0.960. The van der Waals surface area contributed by atoms with Crippen LogP contribution in [-0.4, -0.2) is 6.34 Å². The van der Waals surface area contributed by atoms with Crippen molar-refractivity contribution in [2.45, 2.75) is 6.42 Å². The van der Waals surface area contributed by atoms with Crippen LogP contribution in [0, 0.1) is 0 Å². The lowest BCUT2D eigenvalue weighted by Gasteiger charge is -2.01. The number of nitrogens with zero attached hydrogens (tertiary/aromatic N) is 1. The Hall–Kier alpha value is -1.48. The zero-order valence-electron chi connectivity index (χ0n) is 7.25. The first-order chi connectivity index (χ1) is 6.86. The standard InChI is InChI=1S/C10H7ClN2O/c11-10-9-8(12-5-13-10)6-3-1-2-4-7(6)14-9/h1,3-5H,2H2,(H,12,13). The second-order valence-electron chi connectivity index (χ2n) is 3.12. The number of hydrogen-bond donors (Lipinski definition) is 1. The van der Waals surface area contributed by atoms with Crippen LogP contribution >= 0.6 is 11.6 Å². The first-order valence-corrected chi connectivity index (χ1v) is 4.72. The fraction of sp³-hybridized carbons (Fsp3) is 0.100. The molecule has 0 radical (unpaired) electrons. The number of aliphatic imine (C=N–C) groups is 1. The van der Waals surface area contributed by atoms with E-state index >= 15 is 0 Å². The number of nitrogens with one attached hydrogen (secondary N) is 1. The third-order valence-corrected chi connectivity index (χ3v) is 2.54. The molecule has 1 aromatic rings. The van der Waals surface area contributed by atoms with Crippen LogP contribution in [0.3, 0.4) is 0 Å². The van der Waals surface area contributed by atoms with E-state index in [9.17, 15) is 0 Å². The van der Waals surface area contributed by atoms with E-state index in [1.54, 1.807) is 6.34 Å². The number of rotatable bonds is 0. The fourth-order valence-electron chi connectivity index (χ4n) is 1.62.